The Morgan fingerprint density at radius 3 is 2.60 bits per heavy atom. The Bertz CT molecular complexity index is 355. The zero-order valence-electron chi connectivity index (χ0n) is 12.8. The molecule has 6 heteroatoms. The van der Waals surface area contributed by atoms with E-state index in [9.17, 15) is 9.59 Å². The fourth-order valence-electron chi connectivity index (χ4n) is 2.42. The Labute approximate surface area is 120 Å². The van der Waals surface area contributed by atoms with Gasteiger partial charge in [0.15, 0.2) is 0 Å². The highest BCUT2D eigenvalue weighted by Crippen LogP contribution is 2.24. The van der Waals surface area contributed by atoms with E-state index in [2.05, 4.69) is 5.32 Å². The minimum absolute atomic E-state index is 0.0257. The van der Waals surface area contributed by atoms with Crippen LogP contribution in [0.25, 0.3) is 0 Å². The lowest BCUT2D eigenvalue weighted by Gasteiger charge is -2.37. The van der Waals surface area contributed by atoms with E-state index in [1.165, 1.54) is 0 Å². The second-order valence-corrected chi connectivity index (χ2v) is 6.18. The second-order valence-electron chi connectivity index (χ2n) is 6.18. The second kappa shape index (κ2) is 6.92. The first-order valence-electron chi connectivity index (χ1n) is 7.14. The highest BCUT2D eigenvalue weighted by molar-refractivity contribution is 5.76. The van der Waals surface area contributed by atoms with Crippen molar-refractivity contribution in [3.63, 3.8) is 0 Å². The maximum Gasteiger partial charge on any atom is 0.317 e. The molecule has 1 aliphatic heterocycles. The van der Waals surface area contributed by atoms with Gasteiger partial charge in [-0.1, -0.05) is 0 Å². The monoisotopic (exact) mass is 286 g/mol. The van der Waals surface area contributed by atoms with Crippen LogP contribution >= 0.6 is 0 Å². The number of rotatable bonds is 5. The van der Waals surface area contributed by atoms with Gasteiger partial charge >= 0.3 is 12.0 Å². The topological polar surface area (TPSA) is 78.9 Å². The first-order chi connectivity index (χ1) is 9.21. The predicted octanol–water partition coefficient (Wildman–Crippen LogP) is 1.84. The maximum atomic E-state index is 12.3. The molecule has 1 rings (SSSR count). The fraction of sp³-hybridized carbons (Fsp3) is 0.857. The van der Waals surface area contributed by atoms with Crippen molar-refractivity contribution in [2.24, 2.45) is 0 Å². The number of nitrogens with one attached hydrogen (secondary N) is 1. The summed E-state index contributed by atoms with van der Waals surface area (Å²) in [6, 6.07) is -0.136. The van der Waals surface area contributed by atoms with Gasteiger partial charge in [-0.2, -0.15) is 0 Å². The van der Waals surface area contributed by atoms with Crippen molar-refractivity contribution in [3.05, 3.63) is 0 Å². The number of carbonyl (C=O) groups is 2. The number of carboxylic acid groups (broad SMARTS) is 1. The van der Waals surface area contributed by atoms with Gasteiger partial charge < -0.3 is 20.1 Å². The van der Waals surface area contributed by atoms with E-state index in [1.54, 1.807) is 4.90 Å². The lowest BCUT2D eigenvalue weighted by atomic mass is 9.94. The number of carbonyl (C=O) groups excluding carboxylic acids is 1. The van der Waals surface area contributed by atoms with Gasteiger partial charge in [0.1, 0.15) is 0 Å². The third-order valence-corrected chi connectivity index (χ3v) is 3.48. The SMILES string of the molecule is CC(C)N(CCC(=O)O)C(=O)NC1CCOC(C)(C)C1. The van der Waals surface area contributed by atoms with Crippen LogP contribution in [0.2, 0.25) is 0 Å². The highest BCUT2D eigenvalue weighted by Gasteiger charge is 2.31. The zero-order valence-corrected chi connectivity index (χ0v) is 12.8. The third-order valence-electron chi connectivity index (χ3n) is 3.48. The number of urea groups is 1. The molecule has 0 radical (unpaired) electrons. The number of nitrogens with zero attached hydrogens (tertiary/aromatic N) is 1. The van der Waals surface area contributed by atoms with Crippen molar-refractivity contribution in [3.8, 4) is 0 Å². The van der Waals surface area contributed by atoms with Gasteiger partial charge in [-0.05, 0) is 40.5 Å². The molecule has 1 atom stereocenters. The van der Waals surface area contributed by atoms with Gasteiger partial charge in [0.05, 0.1) is 12.0 Å². The summed E-state index contributed by atoms with van der Waals surface area (Å²) in [6.45, 7) is 8.65. The van der Waals surface area contributed by atoms with Crippen LogP contribution in [0.4, 0.5) is 4.79 Å². The van der Waals surface area contributed by atoms with Crippen molar-refractivity contribution in [2.75, 3.05) is 13.2 Å². The molecule has 1 heterocycles. The lowest BCUT2D eigenvalue weighted by molar-refractivity contribution is -0.137. The van der Waals surface area contributed by atoms with Gasteiger partial charge in [-0.3, -0.25) is 4.79 Å². The minimum atomic E-state index is -0.893. The van der Waals surface area contributed by atoms with Gasteiger partial charge in [-0.15, -0.1) is 0 Å². The number of amides is 2. The first-order valence-corrected chi connectivity index (χ1v) is 7.14. The highest BCUT2D eigenvalue weighted by atomic mass is 16.5. The van der Waals surface area contributed by atoms with Crippen LogP contribution < -0.4 is 5.32 Å². The van der Waals surface area contributed by atoms with E-state index in [1.807, 2.05) is 27.7 Å². The van der Waals surface area contributed by atoms with E-state index < -0.39 is 5.97 Å². The molecule has 6 nitrogen and oxygen atoms in total. The van der Waals surface area contributed by atoms with Crippen LogP contribution in [0.15, 0.2) is 0 Å². The largest absolute Gasteiger partial charge is 0.481 e. The fourth-order valence-corrected chi connectivity index (χ4v) is 2.42. The summed E-state index contributed by atoms with van der Waals surface area (Å²) < 4.78 is 5.62. The van der Waals surface area contributed by atoms with Crippen LogP contribution in [-0.2, 0) is 9.53 Å². The molecule has 20 heavy (non-hydrogen) atoms. The molecule has 0 spiro atoms. The molecule has 1 aliphatic rings. The van der Waals surface area contributed by atoms with E-state index in [0.29, 0.717) is 6.61 Å². The van der Waals surface area contributed by atoms with Crippen molar-refractivity contribution >= 4 is 12.0 Å². The molecule has 0 saturated carbocycles. The van der Waals surface area contributed by atoms with Gasteiger partial charge in [0.25, 0.3) is 0 Å². The molecule has 0 bridgehead atoms. The smallest absolute Gasteiger partial charge is 0.317 e. The Kier molecular flexibility index (Phi) is 5.80. The van der Waals surface area contributed by atoms with Crippen LogP contribution in [-0.4, -0.2) is 52.8 Å². The van der Waals surface area contributed by atoms with Crippen LogP contribution in [0.1, 0.15) is 47.0 Å². The summed E-state index contributed by atoms with van der Waals surface area (Å²) in [7, 11) is 0. The number of hydrogen-bond acceptors (Lipinski definition) is 3. The standard InChI is InChI=1S/C14H26N2O4/c1-10(2)16(7-5-12(17)18)13(19)15-11-6-8-20-14(3,4)9-11/h10-11H,5-9H2,1-4H3,(H,15,19)(H,17,18). The molecule has 1 saturated heterocycles. The third kappa shape index (κ3) is 5.36. The molecule has 0 aromatic carbocycles. The molecular weight excluding hydrogens is 260 g/mol. The van der Waals surface area contributed by atoms with Crippen molar-refractivity contribution in [1.82, 2.24) is 10.2 Å². The number of ether oxygens (including phenoxy) is 1. The molecular formula is C14H26N2O4. The van der Waals surface area contributed by atoms with E-state index in [4.69, 9.17) is 9.84 Å². The summed E-state index contributed by atoms with van der Waals surface area (Å²) in [5.74, 6) is -0.893. The summed E-state index contributed by atoms with van der Waals surface area (Å²) >= 11 is 0. The Hall–Kier alpha value is -1.30. The van der Waals surface area contributed by atoms with Crippen LogP contribution in [0, 0.1) is 0 Å². The van der Waals surface area contributed by atoms with Gasteiger partial charge in [0, 0.05) is 25.2 Å². The molecule has 1 fully saturated rings. The minimum Gasteiger partial charge on any atom is -0.481 e. The van der Waals surface area contributed by atoms with Crippen molar-refractivity contribution < 1.29 is 19.4 Å². The van der Waals surface area contributed by atoms with Crippen molar-refractivity contribution in [2.45, 2.75) is 64.6 Å². The molecule has 1 unspecified atom stereocenters. The summed E-state index contributed by atoms with van der Waals surface area (Å²) in [5.41, 5.74) is -0.222. The Balaban J connectivity index is 2.55. The van der Waals surface area contributed by atoms with Crippen LogP contribution in [0.5, 0.6) is 0 Å². The van der Waals surface area contributed by atoms with Gasteiger partial charge in [0.2, 0.25) is 0 Å². The van der Waals surface area contributed by atoms with Gasteiger partial charge in [-0.25, -0.2) is 4.79 Å². The van der Waals surface area contributed by atoms with Crippen molar-refractivity contribution in [1.29, 1.82) is 0 Å². The molecule has 0 aromatic heterocycles. The Morgan fingerprint density at radius 2 is 2.10 bits per heavy atom. The molecule has 2 amide bonds. The normalized spacial score (nSPS) is 21.6. The predicted molar refractivity (Wildman–Crippen MR) is 75.7 cm³/mol. The number of hydrogen-bond donors (Lipinski definition) is 2. The average molecular weight is 286 g/mol. The van der Waals surface area contributed by atoms with E-state index in [-0.39, 0.29) is 36.7 Å². The summed E-state index contributed by atoms with van der Waals surface area (Å²) in [5, 5.41) is 11.7. The zero-order chi connectivity index (χ0) is 15.3. The average Bonchev–Trinajstić information content (AvgIpc) is 2.26. The number of carboxylic acids is 1. The summed E-state index contributed by atoms with van der Waals surface area (Å²) in [6.07, 6.45) is 1.52. The number of aliphatic carboxylic acids is 1. The Morgan fingerprint density at radius 1 is 1.45 bits per heavy atom. The molecule has 2 N–H and O–H groups in total. The summed E-state index contributed by atoms with van der Waals surface area (Å²) in [4.78, 5) is 24.5. The van der Waals surface area contributed by atoms with E-state index in [0.717, 1.165) is 12.8 Å². The maximum absolute atomic E-state index is 12.3. The molecule has 0 aromatic rings. The van der Waals surface area contributed by atoms with E-state index >= 15 is 0 Å². The molecule has 0 aliphatic carbocycles. The molecule has 116 valence electrons. The van der Waals surface area contributed by atoms with Crippen LogP contribution in [0.3, 0.4) is 0 Å². The quantitative estimate of drug-likeness (QED) is 0.808. The lowest BCUT2D eigenvalue weighted by Crippen LogP contribution is -2.52. The first kappa shape index (κ1) is 16.8.